The van der Waals surface area contributed by atoms with Gasteiger partial charge in [0.2, 0.25) is 5.91 Å². The molecule has 3 N–H and O–H groups in total. The van der Waals surface area contributed by atoms with E-state index in [1.807, 2.05) is 13.1 Å². The number of hydrogen-bond donors (Lipinski definition) is 2. The molecular formula is C12H14ClN3O. The van der Waals surface area contributed by atoms with Crippen molar-refractivity contribution in [3.8, 4) is 0 Å². The van der Waals surface area contributed by atoms with Gasteiger partial charge >= 0.3 is 0 Å². The quantitative estimate of drug-likeness (QED) is 0.844. The van der Waals surface area contributed by atoms with Crippen molar-refractivity contribution in [1.82, 2.24) is 0 Å². The summed E-state index contributed by atoms with van der Waals surface area (Å²) >= 11 is 6.25. The maximum absolute atomic E-state index is 11.5. The number of nitrogens with zero attached hydrogens (tertiary/aromatic N) is 1. The van der Waals surface area contributed by atoms with Crippen LogP contribution in [0.5, 0.6) is 0 Å². The molecular weight excluding hydrogens is 238 g/mol. The highest BCUT2D eigenvalue weighted by Gasteiger charge is 2.31. The summed E-state index contributed by atoms with van der Waals surface area (Å²) < 4.78 is 0. The Labute approximate surface area is 105 Å². The molecule has 90 valence electrons. The maximum Gasteiger partial charge on any atom is 0.245 e. The van der Waals surface area contributed by atoms with Gasteiger partial charge in [0.05, 0.1) is 10.7 Å². The van der Waals surface area contributed by atoms with Gasteiger partial charge in [-0.3, -0.25) is 4.79 Å². The molecule has 5 heteroatoms. The Hall–Kier alpha value is -1.26. The van der Waals surface area contributed by atoms with E-state index in [0.717, 1.165) is 16.9 Å². The molecule has 2 aliphatic rings. The number of carbonyl (C=O) groups excluding carboxylic acids is 1. The summed E-state index contributed by atoms with van der Waals surface area (Å²) in [6.07, 6.45) is 2.41. The Balaban J connectivity index is 2.03. The van der Waals surface area contributed by atoms with Crippen molar-refractivity contribution in [1.29, 1.82) is 0 Å². The maximum atomic E-state index is 11.5. The van der Waals surface area contributed by atoms with Crippen LogP contribution in [0.15, 0.2) is 12.1 Å². The van der Waals surface area contributed by atoms with Crippen LogP contribution in [0.25, 0.3) is 0 Å². The first-order valence-electron chi connectivity index (χ1n) is 5.70. The van der Waals surface area contributed by atoms with Gasteiger partial charge in [0.1, 0.15) is 6.04 Å². The van der Waals surface area contributed by atoms with E-state index in [1.165, 1.54) is 12.8 Å². The Kier molecular flexibility index (Phi) is 2.31. The first kappa shape index (κ1) is 10.9. The number of nitrogens with one attached hydrogen (secondary N) is 1. The highest BCUT2D eigenvalue weighted by atomic mass is 35.5. The molecule has 0 radical (unpaired) electrons. The van der Waals surface area contributed by atoms with Gasteiger partial charge in [0.25, 0.3) is 0 Å². The van der Waals surface area contributed by atoms with E-state index in [2.05, 4.69) is 10.2 Å². The van der Waals surface area contributed by atoms with E-state index in [-0.39, 0.29) is 5.91 Å². The summed E-state index contributed by atoms with van der Waals surface area (Å²) in [7, 11) is 2.03. The zero-order chi connectivity index (χ0) is 12.2. The number of benzene rings is 1. The fourth-order valence-electron chi connectivity index (χ4n) is 2.22. The number of carbonyl (C=O) groups is 1. The van der Waals surface area contributed by atoms with Gasteiger partial charge in [-0.25, -0.2) is 0 Å². The lowest BCUT2D eigenvalue weighted by Crippen LogP contribution is -2.20. The van der Waals surface area contributed by atoms with Crippen LogP contribution in [0.2, 0.25) is 5.02 Å². The average molecular weight is 252 g/mol. The first-order valence-corrected chi connectivity index (χ1v) is 6.08. The average Bonchev–Trinajstić information content (AvgIpc) is 3.09. The monoisotopic (exact) mass is 251 g/mol. The molecule has 1 aromatic carbocycles. The molecule has 1 fully saturated rings. The smallest absolute Gasteiger partial charge is 0.245 e. The van der Waals surface area contributed by atoms with Crippen LogP contribution in [0, 0.1) is 0 Å². The third-order valence-corrected chi connectivity index (χ3v) is 3.77. The summed E-state index contributed by atoms with van der Waals surface area (Å²) in [4.78, 5) is 13.6. The summed E-state index contributed by atoms with van der Waals surface area (Å²) in [6, 6.07) is 3.70. The van der Waals surface area contributed by atoms with Crippen LogP contribution in [-0.2, 0) is 4.79 Å². The van der Waals surface area contributed by atoms with Crippen molar-refractivity contribution in [2.75, 3.05) is 17.3 Å². The number of anilines is 2. The molecule has 1 amide bonds. The Morgan fingerprint density at radius 2 is 2.18 bits per heavy atom. The van der Waals surface area contributed by atoms with E-state index in [4.69, 9.17) is 17.3 Å². The van der Waals surface area contributed by atoms with Gasteiger partial charge in [0, 0.05) is 24.3 Å². The first-order chi connectivity index (χ1) is 8.08. The molecule has 1 heterocycles. The summed E-state index contributed by atoms with van der Waals surface area (Å²) in [5, 5.41) is 3.44. The van der Waals surface area contributed by atoms with Crippen LogP contribution in [0.1, 0.15) is 24.4 Å². The Morgan fingerprint density at radius 1 is 1.47 bits per heavy atom. The SMILES string of the molecule is CN(c1cc2c(cc1Cl)C(N)C(=O)N2)C1CC1. The molecule has 1 atom stereocenters. The lowest BCUT2D eigenvalue weighted by molar-refractivity contribution is -0.116. The van der Waals surface area contributed by atoms with E-state index >= 15 is 0 Å². The van der Waals surface area contributed by atoms with Gasteiger partial charge < -0.3 is 16.0 Å². The van der Waals surface area contributed by atoms with Gasteiger partial charge in [0.15, 0.2) is 0 Å². The second-order valence-corrected chi connectivity index (χ2v) is 5.11. The van der Waals surface area contributed by atoms with E-state index < -0.39 is 6.04 Å². The normalized spacial score (nSPS) is 22.3. The Morgan fingerprint density at radius 3 is 2.82 bits per heavy atom. The number of hydrogen-bond acceptors (Lipinski definition) is 3. The minimum atomic E-state index is -0.595. The van der Waals surface area contributed by atoms with Crippen molar-refractivity contribution in [2.45, 2.75) is 24.9 Å². The molecule has 1 saturated carbocycles. The molecule has 0 saturated heterocycles. The van der Waals surface area contributed by atoms with Gasteiger partial charge in [-0.15, -0.1) is 0 Å². The highest BCUT2D eigenvalue weighted by Crippen LogP contribution is 2.40. The minimum Gasteiger partial charge on any atom is -0.370 e. The van der Waals surface area contributed by atoms with Crippen molar-refractivity contribution < 1.29 is 4.79 Å². The predicted octanol–water partition coefficient (Wildman–Crippen LogP) is 1.89. The highest BCUT2D eigenvalue weighted by molar-refractivity contribution is 6.33. The second-order valence-electron chi connectivity index (χ2n) is 4.70. The van der Waals surface area contributed by atoms with Crippen LogP contribution in [-0.4, -0.2) is 19.0 Å². The zero-order valence-electron chi connectivity index (χ0n) is 9.53. The summed E-state index contributed by atoms with van der Waals surface area (Å²) in [5.41, 5.74) is 8.30. The fraction of sp³-hybridized carbons (Fsp3) is 0.417. The van der Waals surface area contributed by atoms with Crippen molar-refractivity contribution in [3.63, 3.8) is 0 Å². The van der Waals surface area contributed by atoms with Crippen LogP contribution in [0.4, 0.5) is 11.4 Å². The molecule has 17 heavy (non-hydrogen) atoms. The molecule has 1 aromatic rings. The second kappa shape index (κ2) is 3.62. The van der Waals surface area contributed by atoms with Gasteiger partial charge in [-0.2, -0.15) is 0 Å². The van der Waals surface area contributed by atoms with Gasteiger partial charge in [-0.05, 0) is 25.0 Å². The topological polar surface area (TPSA) is 58.4 Å². The number of amides is 1. The molecule has 4 nitrogen and oxygen atoms in total. The zero-order valence-corrected chi connectivity index (χ0v) is 10.3. The largest absolute Gasteiger partial charge is 0.370 e. The number of nitrogens with two attached hydrogens (primary N) is 1. The fourth-order valence-corrected chi connectivity index (χ4v) is 2.53. The lowest BCUT2D eigenvalue weighted by Gasteiger charge is -2.21. The van der Waals surface area contributed by atoms with Crippen LogP contribution < -0.4 is 16.0 Å². The predicted molar refractivity (Wildman–Crippen MR) is 68.4 cm³/mol. The summed E-state index contributed by atoms with van der Waals surface area (Å²) in [6.45, 7) is 0. The number of fused-ring (bicyclic) bond motifs is 1. The van der Waals surface area contributed by atoms with Crippen molar-refractivity contribution >= 4 is 28.9 Å². The minimum absolute atomic E-state index is 0.165. The number of rotatable bonds is 2. The standard InChI is InChI=1S/C12H14ClN3O/c1-16(6-2-3-6)10-5-9-7(4-8(10)13)11(14)12(17)15-9/h4-6,11H,2-3,14H2,1H3,(H,15,17). The number of halogens is 1. The third kappa shape index (κ3) is 1.68. The van der Waals surface area contributed by atoms with Gasteiger partial charge in [-0.1, -0.05) is 11.6 Å². The van der Waals surface area contributed by atoms with E-state index in [1.54, 1.807) is 6.07 Å². The molecule has 0 aromatic heterocycles. The third-order valence-electron chi connectivity index (χ3n) is 3.47. The molecule has 0 spiro atoms. The van der Waals surface area contributed by atoms with E-state index in [0.29, 0.717) is 11.1 Å². The summed E-state index contributed by atoms with van der Waals surface area (Å²) in [5.74, 6) is -0.165. The van der Waals surface area contributed by atoms with Crippen molar-refractivity contribution in [3.05, 3.63) is 22.7 Å². The lowest BCUT2D eigenvalue weighted by atomic mass is 10.1. The Bertz CT molecular complexity index is 499. The molecule has 1 aliphatic carbocycles. The van der Waals surface area contributed by atoms with Crippen molar-refractivity contribution in [2.24, 2.45) is 5.73 Å². The van der Waals surface area contributed by atoms with Crippen LogP contribution in [0.3, 0.4) is 0 Å². The molecule has 1 unspecified atom stereocenters. The van der Waals surface area contributed by atoms with E-state index in [9.17, 15) is 4.79 Å². The molecule has 0 bridgehead atoms. The van der Waals surface area contributed by atoms with Crippen LogP contribution >= 0.6 is 11.6 Å². The molecule has 1 aliphatic heterocycles. The molecule has 3 rings (SSSR count).